The zero-order valence-electron chi connectivity index (χ0n) is 22.0. The number of ether oxygens (including phenoxy) is 1. The lowest BCUT2D eigenvalue weighted by Crippen LogP contribution is -2.65. The van der Waals surface area contributed by atoms with Gasteiger partial charge in [0.25, 0.3) is 0 Å². The fourth-order valence-corrected chi connectivity index (χ4v) is 7.99. The molecule has 39 heavy (non-hydrogen) atoms. The van der Waals surface area contributed by atoms with Crippen LogP contribution in [0.5, 0.6) is 0 Å². The summed E-state index contributed by atoms with van der Waals surface area (Å²) in [6.07, 6.45) is -2.10. The predicted molar refractivity (Wildman–Crippen MR) is 134 cm³/mol. The summed E-state index contributed by atoms with van der Waals surface area (Å²) >= 11 is 0. The molecule has 0 amide bonds. The Morgan fingerprint density at radius 1 is 1.03 bits per heavy atom. The van der Waals surface area contributed by atoms with Crippen LogP contribution in [0.4, 0.5) is 22.0 Å². The number of allylic oxidation sites excluding steroid dienone is 4. The van der Waals surface area contributed by atoms with Crippen LogP contribution in [0.15, 0.2) is 47.1 Å². The highest BCUT2D eigenvalue weighted by atomic mass is 19.4. The Morgan fingerprint density at radius 2 is 1.74 bits per heavy atom. The van der Waals surface area contributed by atoms with Crippen molar-refractivity contribution in [2.45, 2.75) is 81.9 Å². The number of aliphatic hydroxyl groups is 2. The summed E-state index contributed by atoms with van der Waals surface area (Å²) < 4.78 is 76.5. The Labute approximate surface area is 224 Å². The topological polar surface area (TPSA) is 66.8 Å². The van der Waals surface area contributed by atoms with Gasteiger partial charge in [-0.3, -0.25) is 4.79 Å². The van der Waals surface area contributed by atoms with Crippen molar-refractivity contribution in [1.82, 2.24) is 0 Å². The van der Waals surface area contributed by atoms with Crippen LogP contribution in [-0.2, 0) is 16.0 Å². The van der Waals surface area contributed by atoms with Gasteiger partial charge in [-0.25, -0.2) is 0 Å². The highest BCUT2D eigenvalue weighted by Crippen LogP contribution is 2.70. The van der Waals surface area contributed by atoms with Crippen molar-refractivity contribution < 1.29 is 41.7 Å². The number of aliphatic hydroxyl groups excluding tert-OH is 1. The van der Waals surface area contributed by atoms with Crippen LogP contribution < -0.4 is 0 Å². The van der Waals surface area contributed by atoms with E-state index in [-0.39, 0.29) is 37.8 Å². The van der Waals surface area contributed by atoms with Gasteiger partial charge >= 0.3 is 12.1 Å². The number of carbonyl (C=O) groups excluding carboxylic acids is 1. The van der Waals surface area contributed by atoms with Crippen LogP contribution >= 0.6 is 0 Å². The molecule has 4 aliphatic carbocycles. The summed E-state index contributed by atoms with van der Waals surface area (Å²) in [4.78, 5) is 12.2. The SMILES string of the molecule is C[C@]12C[C@H](c3ccc(CCOCCO)cc3)C3=C4CCC(=O)C=C4CCC3C1CC[C@@]2(O)C(F)(F)C(F)(F)F. The molecule has 9 heteroatoms. The van der Waals surface area contributed by atoms with Crippen molar-refractivity contribution in [1.29, 1.82) is 0 Å². The van der Waals surface area contributed by atoms with Gasteiger partial charge in [0, 0.05) is 17.8 Å². The predicted octanol–water partition coefficient (Wildman–Crippen LogP) is 6.07. The third-order valence-corrected chi connectivity index (χ3v) is 9.91. The highest BCUT2D eigenvalue weighted by Gasteiger charge is 2.79. The first kappa shape index (κ1) is 28.4. The first-order valence-corrected chi connectivity index (χ1v) is 13.7. The number of carbonyl (C=O) groups is 1. The maximum Gasteiger partial charge on any atom is 0.456 e. The van der Waals surface area contributed by atoms with E-state index in [1.807, 2.05) is 24.3 Å². The molecular formula is C30H35F5O4. The van der Waals surface area contributed by atoms with E-state index in [4.69, 9.17) is 9.84 Å². The molecule has 0 aliphatic heterocycles. The van der Waals surface area contributed by atoms with Gasteiger partial charge in [0.2, 0.25) is 0 Å². The van der Waals surface area contributed by atoms with E-state index in [2.05, 4.69) is 0 Å². The zero-order chi connectivity index (χ0) is 28.2. The lowest BCUT2D eigenvalue weighted by molar-refractivity contribution is -0.362. The summed E-state index contributed by atoms with van der Waals surface area (Å²) in [5.74, 6) is -6.39. The fourth-order valence-electron chi connectivity index (χ4n) is 7.99. The summed E-state index contributed by atoms with van der Waals surface area (Å²) in [5.41, 5.74) is -0.0196. The molecule has 0 heterocycles. The van der Waals surface area contributed by atoms with Crippen LogP contribution in [0.3, 0.4) is 0 Å². The number of hydrogen-bond acceptors (Lipinski definition) is 4. The number of fused-ring (bicyclic) bond motifs is 4. The minimum absolute atomic E-state index is 0.0324. The molecule has 4 nitrogen and oxygen atoms in total. The van der Waals surface area contributed by atoms with Crippen molar-refractivity contribution in [2.75, 3.05) is 19.8 Å². The first-order valence-electron chi connectivity index (χ1n) is 13.7. The quantitative estimate of drug-likeness (QED) is 0.317. The summed E-state index contributed by atoms with van der Waals surface area (Å²) in [6.45, 7) is 2.02. The van der Waals surface area contributed by atoms with Crippen LogP contribution in [0.1, 0.15) is 68.9 Å². The van der Waals surface area contributed by atoms with E-state index in [9.17, 15) is 23.1 Å². The number of ketones is 1. The lowest BCUT2D eigenvalue weighted by Gasteiger charge is -2.56. The Morgan fingerprint density at radius 3 is 2.41 bits per heavy atom. The van der Waals surface area contributed by atoms with E-state index >= 15 is 8.78 Å². The average Bonchev–Trinajstić information content (AvgIpc) is 3.17. The normalized spacial score (nSPS) is 33.0. The van der Waals surface area contributed by atoms with Gasteiger partial charge in [-0.15, -0.1) is 0 Å². The molecule has 2 saturated carbocycles. The molecule has 0 bridgehead atoms. The molecule has 0 aromatic heterocycles. The van der Waals surface area contributed by atoms with E-state index in [0.717, 1.165) is 27.8 Å². The molecule has 2 unspecified atom stereocenters. The monoisotopic (exact) mass is 554 g/mol. The number of hydrogen-bond donors (Lipinski definition) is 2. The van der Waals surface area contributed by atoms with Gasteiger partial charge in [0.1, 0.15) is 5.60 Å². The van der Waals surface area contributed by atoms with Crippen molar-refractivity contribution >= 4 is 5.78 Å². The number of alkyl halides is 5. The Bertz CT molecular complexity index is 1170. The van der Waals surface area contributed by atoms with Crippen LogP contribution in [-0.4, -0.2) is 53.5 Å². The van der Waals surface area contributed by atoms with E-state index < -0.39 is 41.4 Å². The van der Waals surface area contributed by atoms with E-state index in [1.165, 1.54) is 6.92 Å². The van der Waals surface area contributed by atoms with E-state index in [0.29, 0.717) is 38.7 Å². The third-order valence-electron chi connectivity index (χ3n) is 9.91. The standard InChI is InChI=1S/C30H35F5O4/c1-27-17-24(19-4-2-18(3-5-19)11-14-39-15-13-36)26-22-9-7-21(37)16-20(22)6-8-23(26)25(27)10-12-28(27,38)29(31,32)30(33,34)35/h2-5,16,23-25,36,38H,6-15,17H2,1H3/t23?,24-,25?,27+,28+/m1/s1. The smallest absolute Gasteiger partial charge is 0.394 e. The first-order chi connectivity index (χ1) is 18.3. The molecule has 0 spiro atoms. The molecular weight excluding hydrogens is 519 g/mol. The highest BCUT2D eigenvalue weighted by molar-refractivity contribution is 5.93. The molecule has 5 atom stereocenters. The van der Waals surface area contributed by atoms with Crippen LogP contribution in [0, 0.1) is 17.3 Å². The van der Waals surface area contributed by atoms with Crippen molar-refractivity contribution in [3.05, 3.63) is 58.2 Å². The molecule has 4 aliphatic rings. The van der Waals surface area contributed by atoms with Crippen LogP contribution in [0.25, 0.3) is 0 Å². The van der Waals surface area contributed by atoms with Gasteiger partial charge in [0.15, 0.2) is 5.78 Å². The zero-order valence-corrected chi connectivity index (χ0v) is 22.0. The summed E-state index contributed by atoms with van der Waals surface area (Å²) in [7, 11) is 0. The minimum atomic E-state index is -5.86. The largest absolute Gasteiger partial charge is 0.456 e. The summed E-state index contributed by atoms with van der Waals surface area (Å²) in [6, 6.07) is 7.59. The second kappa shape index (κ2) is 10.1. The van der Waals surface area contributed by atoms with Gasteiger partial charge in [-0.05, 0) is 85.1 Å². The van der Waals surface area contributed by atoms with Crippen molar-refractivity contribution in [2.24, 2.45) is 17.3 Å². The molecule has 1 aromatic carbocycles. The molecule has 0 radical (unpaired) electrons. The number of benzene rings is 1. The summed E-state index contributed by atoms with van der Waals surface area (Å²) in [5, 5.41) is 20.2. The average molecular weight is 555 g/mol. The lowest BCUT2D eigenvalue weighted by atomic mass is 9.50. The fraction of sp³-hybridized carbons (Fsp3) is 0.633. The molecule has 2 fully saturated rings. The van der Waals surface area contributed by atoms with Gasteiger partial charge < -0.3 is 14.9 Å². The molecule has 2 N–H and O–H groups in total. The maximum absolute atomic E-state index is 15.1. The van der Waals surface area contributed by atoms with E-state index in [1.54, 1.807) is 6.08 Å². The molecule has 1 aromatic rings. The second-order valence-corrected chi connectivity index (χ2v) is 11.8. The number of halogens is 5. The van der Waals surface area contributed by atoms with Crippen molar-refractivity contribution in [3.63, 3.8) is 0 Å². The molecule has 214 valence electrons. The second-order valence-electron chi connectivity index (χ2n) is 11.8. The van der Waals surface area contributed by atoms with Crippen LogP contribution in [0.2, 0.25) is 0 Å². The number of rotatable bonds is 7. The van der Waals surface area contributed by atoms with Gasteiger partial charge in [0.05, 0.1) is 19.8 Å². The van der Waals surface area contributed by atoms with Gasteiger partial charge in [-0.1, -0.05) is 36.8 Å². The maximum atomic E-state index is 15.1. The molecule has 0 saturated heterocycles. The van der Waals surface area contributed by atoms with Gasteiger partial charge in [-0.2, -0.15) is 22.0 Å². The minimum Gasteiger partial charge on any atom is -0.394 e. The Hall–Kier alpha value is -2.10. The Kier molecular flexibility index (Phi) is 7.34. The van der Waals surface area contributed by atoms with Crippen molar-refractivity contribution in [3.8, 4) is 0 Å². The molecule has 5 rings (SSSR count). The Balaban J connectivity index is 1.58. The third kappa shape index (κ3) is 4.49.